The Kier molecular flexibility index (Phi) is 5.49. The highest BCUT2D eigenvalue weighted by molar-refractivity contribution is 7.99. The maximum atomic E-state index is 12.0. The Labute approximate surface area is 153 Å². The molecule has 26 heavy (non-hydrogen) atoms. The van der Waals surface area contributed by atoms with Crippen LogP contribution in [-0.2, 0) is 4.79 Å². The SMILES string of the molecule is Nn1c(SCC(=O)Nc2ccc(Oc3ccccc3)cc2)nncc1=O. The number of benzene rings is 2. The van der Waals surface area contributed by atoms with Crippen molar-refractivity contribution in [3.63, 3.8) is 0 Å². The van der Waals surface area contributed by atoms with Gasteiger partial charge in [0.15, 0.2) is 0 Å². The number of hydrogen-bond acceptors (Lipinski definition) is 7. The minimum absolute atomic E-state index is 0.0393. The van der Waals surface area contributed by atoms with Gasteiger partial charge in [-0.05, 0) is 36.4 Å². The first-order chi connectivity index (χ1) is 12.6. The summed E-state index contributed by atoms with van der Waals surface area (Å²) < 4.78 is 6.54. The molecule has 0 aliphatic rings. The number of nitrogens with zero attached hydrogens (tertiary/aromatic N) is 3. The van der Waals surface area contributed by atoms with Crippen molar-refractivity contribution < 1.29 is 9.53 Å². The zero-order chi connectivity index (χ0) is 18.4. The number of rotatable bonds is 6. The van der Waals surface area contributed by atoms with Gasteiger partial charge in [-0.25, -0.2) is 0 Å². The molecule has 0 aliphatic carbocycles. The van der Waals surface area contributed by atoms with Gasteiger partial charge in [0.05, 0.1) is 5.75 Å². The van der Waals surface area contributed by atoms with Crippen LogP contribution in [0.2, 0.25) is 0 Å². The number of carbonyl (C=O) groups excluding carboxylic acids is 1. The fraction of sp³-hybridized carbons (Fsp3) is 0.0588. The first-order valence-corrected chi connectivity index (χ1v) is 8.56. The Balaban J connectivity index is 1.54. The van der Waals surface area contributed by atoms with Gasteiger partial charge in [0.25, 0.3) is 5.56 Å². The predicted octanol–water partition coefficient (Wildman–Crippen LogP) is 1.88. The largest absolute Gasteiger partial charge is 0.457 e. The quantitative estimate of drug-likeness (QED) is 0.504. The van der Waals surface area contributed by atoms with Crippen LogP contribution < -0.4 is 21.5 Å². The molecule has 3 rings (SSSR count). The number of anilines is 1. The third kappa shape index (κ3) is 4.61. The van der Waals surface area contributed by atoms with E-state index in [1.807, 2.05) is 30.3 Å². The van der Waals surface area contributed by atoms with Crippen molar-refractivity contribution in [1.29, 1.82) is 0 Å². The summed E-state index contributed by atoms with van der Waals surface area (Å²) in [5, 5.41) is 10.2. The van der Waals surface area contributed by atoms with E-state index in [9.17, 15) is 9.59 Å². The van der Waals surface area contributed by atoms with Crippen LogP contribution in [0.4, 0.5) is 5.69 Å². The van der Waals surface area contributed by atoms with E-state index < -0.39 is 5.56 Å². The van der Waals surface area contributed by atoms with Gasteiger partial charge in [0.1, 0.15) is 17.7 Å². The van der Waals surface area contributed by atoms with E-state index in [2.05, 4.69) is 15.5 Å². The molecule has 3 N–H and O–H groups in total. The molecule has 9 heteroatoms. The Morgan fingerprint density at radius 2 is 1.81 bits per heavy atom. The molecule has 0 bridgehead atoms. The fourth-order valence-corrected chi connectivity index (χ4v) is 2.66. The van der Waals surface area contributed by atoms with Gasteiger partial charge < -0.3 is 15.9 Å². The lowest BCUT2D eigenvalue weighted by molar-refractivity contribution is -0.113. The minimum Gasteiger partial charge on any atom is -0.457 e. The molecular formula is C17H15N5O3S. The van der Waals surface area contributed by atoms with Crippen molar-refractivity contribution in [2.75, 3.05) is 16.9 Å². The molecule has 2 aromatic carbocycles. The first kappa shape index (κ1) is 17.5. The van der Waals surface area contributed by atoms with Crippen molar-refractivity contribution in [2.45, 2.75) is 5.16 Å². The average molecular weight is 369 g/mol. The topological polar surface area (TPSA) is 112 Å². The molecule has 1 amide bonds. The zero-order valence-corrected chi connectivity index (χ0v) is 14.3. The summed E-state index contributed by atoms with van der Waals surface area (Å²) in [5.74, 6) is 6.71. The Hall–Kier alpha value is -3.33. The Morgan fingerprint density at radius 1 is 1.12 bits per heavy atom. The third-order valence-electron chi connectivity index (χ3n) is 3.20. The van der Waals surface area contributed by atoms with Crippen molar-refractivity contribution in [2.24, 2.45) is 0 Å². The number of carbonyl (C=O) groups is 1. The van der Waals surface area contributed by atoms with Crippen LogP contribution in [0.1, 0.15) is 0 Å². The van der Waals surface area contributed by atoms with Crippen LogP contribution >= 0.6 is 11.8 Å². The predicted molar refractivity (Wildman–Crippen MR) is 98.8 cm³/mol. The number of para-hydroxylation sites is 1. The van der Waals surface area contributed by atoms with E-state index in [-0.39, 0.29) is 16.8 Å². The fourth-order valence-electron chi connectivity index (χ4n) is 1.99. The molecule has 0 unspecified atom stereocenters. The molecule has 0 fully saturated rings. The molecule has 0 spiro atoms. The second-order valence-electron chi connectivity index (χ2n) is 5.11. The van der Waals surface area contributed by atoms with Crippen LogP contribution in [0.25, 0.3) is 0 Å². The summed E-state index contributed by atoms with van der Waals surface area (Å²) in [4.78, 5) is 23.4. The smallest absolute Gasteiger partial charge is 0.291 e. The number of hydrogen-bond donors (Lipinski definition) is 2. The van der Waals surface area contributed by atoms with Gasteiger partial charge in [-0.1, -0.05) is 30.0 Å². The normalized spacial score (nSPS) is 10.3. The van der Waals surface area contributed by atoms with E-state index in [1.54, 1.807) is 24.3 Å². The van der Waals surface area contributed by atoms with Crippen LogP contribution in [0.3, 0.4) is 0 Å². The third-order valence-corrected chi connectivity index (χ3v) is 4.15. The molecule has 0 radical (unpaired) electrons. The highest BCUT2D eigenvalue weighted by Crippen LogP contribution is 2.22. The molecule has 1 heterocycles. The van der Waals surface area contributed by atoms with E-state index in [1.165, 1.54) is 0 Å². The summed E-state index contributed by atoms with van der Waals surface area (Å²) in [5.41, 5.74) is 0.136. The molecule has 0 saturated heterocycles. The summed E-state index contributed by atoms with van der Waals surface area (Å²) in [7, 11) is 0. The van der Waals surface area contributed by atoms with Crippen LogP contribution in [0, 0.1) is 0 Å². The van der Waals surface area contributed by atoms with Crippen LogP contribution in [-0.4, -0.2) is 26.5 Å². The van der Waals surface area contributed by atoms with E-state index in [4.69, 9.17) is 10.6 Å². The van der Waals surface area contributed by atoms with Gasteiger partial charge in [-0.15, -0.1) is 5.10 Å². The van der Waals surface area contributed by atoms with Crippen LogP contribution in [0.15, 0.2) is 70.7 Å². The molecular weight excluding hydrogens is 354 g/mol. The van der Waals surface area contributed by atoms with E-state index in [0.29, 0.717) is 11.4 Å². The number of nitrogens with two attached hydrogens (primary N) is 1. The molecule has 8 nitrogen and oxygen atoms in total. The summed E-state index contributed by atoms with van der Waals surface area (Å²) in [6.07, 6.45) is 1.00. The molecule has 1 aromatic heterocycles. The van der Waals surface area contributed by atoms with Gasteiger partial charge >= 0.3 is 0 Å². The van der Waals surface area contributed by atoms with E-state index >= 15 is 0 Å². The summed E-state index contributed by atoms with van der Waals surface area (Å²) >= 11 is 1.02. The molecule has 0 atom stereocenters. The van der Waals surface area contributed by atoms with Gasteiger partial charge in [-0.2, -0.15) is 9.77 Å². The van der Waals surface area contributed by atoms with Crippen molar-refractivity contribution >= 4 is 23.4 Å². The molecule has 0 saturated carbocycles. The highest BCUT2D eigenvalue weighted by Gasteiger charge is 2.09. The summed E-state index contributed by atoms with van der Waals surface area (Å²) in [6, 6.07) is 16.4. The Morgan fingerprint density at radius 3 is 2.54 bits per heavy atom. The highest BCUT2D eigenvalue weighted by atomic mass is 32.2. The second kappa shape index (κ2) is 8.17. The number of nitrogen functional groups attached to an aromatic ring is 1. The zero-order valence-electron chi connectivity index (χ0n) is 13.5. The lowest BCUT2D eigenvalue weighted by atomic mass is 10.3. The average Bonchev–Trinajstić information content (AvgIpc) is 2.65. The van der Waals surface area contributed by atoms with Crippen LogP contribution in [0.5, 0.6) is 11.5 Å². The molecule has 3 aromatic rings. The standard InChI is InChI=1S/C17H15N5O3S/c18-22-16(24)10-19-21-17(22)26-11-15(23)20-12-6-8-14(9-7-12)25-13-4-2-1-3-5-13/h1-10H,11,18H2,(H,20,23). The maximum absolute atomic E-state index is 12.0. The number of aromatic nitrogens is 3. The minimum atomic E-state index is -0.489. The molecule has 0 aliphatic heterocycles. The molecule has 132 valence electrons. The summed E-state index contributed by atoms with van der Waals surface area (Å²) in [6.45, 7) is 0. The Bertz CT molecular complexity index is 945. The number of nitrogens with one attached hydrogen (secondary N) is 1. The van der Waals surface area contributed by atoms with Crippen molar-refractivity contribution in [1.82, 2.24) is 14.9 Å². The van der Waals surface area contributed by atoms with Gasteiger partial charge in [-0.3, -0.25) is 9.59 Å². The second-order valence-corrected chi connectivity index (χ2v) is 6.05. The van der Waals surface area contributed by atoms with E-state index in [0.717, 1.165) is 28.4 Å². The lowest BCUT2D eigenvalue weighted by Crippen LogP contribution is -2.30. The number of thioether (sulfide) groups is 1. The first-order valence-electron chi connectivity index (χ1n) is 7.57. The number of amides is 1. The van der Waals surface area contributed by atoms with Gasteiger partial charge in [0, 0.05) is 5.69 Å². The van der Waals surface area contributed by atoms with Crippen molar-refractivity contribution in [3.05, 3.63) is 71.1 Å². The number of ether oxygens (including phenoxy) is 1. The van der Waals surface area contributed by atoms with Crippen molar-refractivity contribution in [3.8, 4) is 11.5 Å². The maximum Gasteiger partial charge on any atom is 0.291 e. The lowest BCUT2D eigenvalue weighted by Gasteiger charge is -2.08. The monoisotopic (exact) mass is 369 g/mol. The van der Waals surface area contributed by atoms with Gasteiger partial charge in [0.2, 0.25) is 11.1 Å².